The van der Waals surface area contributed by atoms with Crippen LogP contribution < -0.4 is 15.8 Å². The molecule has 0 saturated carbocycles. The van der Waals surface area contributed by atoms with Crippen molar-refractivity contribution >= 4 is 5.69 Å². The quantitative estimate of drug-likeness (QED) is 0.608. The van der Waals surface area contributed by atoms with Gasteiger partial charge < -0.3 is 15.8 Å². The van der Waals surface area contributed by atoms with Gasteiger partial charge in [0, 0.05) is 12.1 Å². The van der Waals surface area contributed by atoms with Gasteiger partial charge in [0.05, 0.1) is 12.3 Å². The highest BCUT2D eigenvalue weighted by Crippen LogP contribution is 2.22. The number of ether oxygens (including phenoxy) is 1. The fourth-order valence-corrected chi connectivity index (χ4v) is 2.14. The van der Waals surface area contributed by atoms with Gasteiger partial charge in [-0.25, -0.2) is 4.39 Å². The Morgan fingerprint density at radius 2 is 2.00 bits per heavy atom. The number of benzene rings is 2. The standard InChI is InChI=1S/C17H21FN2O/c1-2-21-17-8-7-13(11-16(17)19)9-10-20-12-14-5-3-4-6-15(14)18/h3-8,11,20H,2,9-10,12,19H2,1H3. The summed E-state index contributed by atoms with van der Waals surface area (Å²) in [5.74, 6) is 0.552. The first kappa shape index (κ1) is 15.3. The second-order valence-electron chi connectivity index (χ2n) is 4.82. The molecule has 0 aromatic heterocycles. The van der Waals surface area contributed by atoms with E-state index in [-0.39, 0.29) is 5.82 Å². The predicted molar refractivity (Wildman–Crippen MR) is 83.8 cm³/mol. The summed E-state index contributed by atoms with van der Waals surface area (Å²) in [6, 6.07) is 12.6. The van der Waals surface area contributed by atoms with Crippen molar-refractivity contribution in [1.29, 1.82) is 0 Å². The van der Waals surface area contributed by atoms with Crippen LogP contribution in [0, 0.1) is 5.82 Å². The summed E-state index contributed by atoms with van der Waals surface area (Å²) < 4.78 is 18.8. The molecule has 0 aliphatic heterocycles. The van der Waals surface area contributed by atoms with Gasteiger partial charge in [0.25, 0.3) is 0 Å². The number of hydrogen-bond donors (Lipinski definition) is 2. The summed E-state index contributed by atoms with van der Waals surface area (Å²) in [5, 5.41) is 3.24. The van der Waals surface area contributed by atoms with Crippen molar-refractivity contribution in [2.45, 2.75) is 19.9 Å². The third kappa shape index (κ3) is 4.46. The molecule has 0 spiro atoms. The summed E-state index contributed by atoms with van der Waals surface area (Å²) in [6.45, 7) is 3.83. The molecule has 0 amide bonds. The van der Waals surface area contributed by atoms with E-state index in [1.807, 2.05) is 31.2 Å². The number of nitrogens with two attached hydrogens (primary N) is 1. The summed E-state index contributed by atoms with van der Waals surface area (Å²) >= 11 is 0. The van der Waals surface area contributed by atoms with Crippen LogP contribution in [0.2, 0.25) is 0 Å². The van der Waals surface area contributed by atoms with Gasteiger partial charge in [-0.2, -0.15) is 0 Å². The number of anilines is 1. The monoisotopic (exact) mass is 288 g/mol. The molecule has 0 radical (unpaired) electrons. The molecule has 0 aliphatic carbocycles. The minimum absolute atomic E-state index is 0.171. The Bertz CT molecular complexity index is 587. The molecule has 21 heavy (non-hydrogen) atoms. The molecule has 112 valence electrons. The highest BCUT2D eigenvalue weighted by Gasteiger charge is 2.02. The van der Waals surface area contributed by atoms with Crippen LogP contribution in [0.15, 0.2) is 42.5 Å². The van der Waals surface area contributed by atoms with Crippen molar-refractivity contribution in [1.82, 2.24) is 5.32 Å². The number of nitrogens with one attached hydrogen (secondary N) is 1. The van der Waals surface area contributed by atoms with Gasteiger partial charge in [0.1, 0.15) is 11.6 Å². The molecule has 0 fully saturated rings. The Balaban J connectivity index is 1.81. The zero-order valence-corrected chi connectivity index (χ0v) is 12.2. The average molecular weight is 288 g/mol. The van der Waals surface area contributed by atoms with E-state index in [1.165, 1.54) is 6.07 Å². The number of hydrogen-bond acceptors (Lipinski definition) is 3. The van der Waals surface area contributed by atoms with Gasteiger partial charge in [0.2, 0.25) is 0 Å². The van der Waals surface area contributed by atoms with Gasteiger partial charge >= 0.3 is 0 Å². The van der Waals surface area contributed by atoms with Gasteiger partial charge in [-0.15, -0.1) is 0 Å². The van der Waals surface area contributed by atoms with Crippen molar-refractivity contribution in [2.24, 2.45) is 0 Å². The zero-order valence-electron chi connectivity index (χ0n) is 12.2. The van der Waals surface area contributed by atoms with Gasteiger partial charge in [0.15, 0.2) is 0 Å². The van der Waals surface area contributed by atoms with Crippen LogP contribution in [0.4, 0.5) is 10.1 Å². The van der Waals surface area contributed by atoms with E-state index in [0.29, 0.717) is 24.4 Å². The lowest BCUT2D eigenvalue weighted by atomic mass is 10.1. The van der Waals surface area contributed by atoms with E-state index < -0.39 is 0 Å². The molecule has 0 atom stereocenters. The number of nitrogen functional groups attached to an aromatic ring is 1. The fraction of sp³-hybridized carbons (Fsp3) is 0.294. The molecule has 0 saturated heterocycles. The number of rotatable bonds is 7. The Labute approximate surface area is 124 Å². The Morgan fingerprint density at radius 3 is 2.71 bits per heavy atom. The van der Waals surface area contributed by atoms with E-state index in [4.69, 9.17) is 10.5 Å². The van der Waals surface area contributed by atoms with Crippen LogP contribution in [0.1, 0.15) is 18.1 Å². The highest BCUT2D eigenvalue weighted by molar-refractivity contribution is 5.54. The third-order valence-electron chi connectivity index (χ3n) is 3.24. The maximum atomic E-state index is 13.4. The Hall–Kier alpha value is -2.07. The predicted octanol–water partition coefficient (Wildman–Crippen LogP) is 3.14. The first-order chi connectivity index (χ1) is 10.2. The molecule has 0 unspecified atom stereocenters. The van der Waals surface area contributed by atoms with Crippen LogP contribution in [0.5, 0.6) is 5.75 Å². The van der Waals surface area contributed by atoms with Crippen LogP contribution in [0.25, 0.3) is 0 Å². The van der Waals surface area contributed by atoms with Crippen molar-refractivity contribution in [3.8, 4) is 5.75 Å². The molecule has 4 heteroatoms. The molecule has 3 nitrogen and oxygen atoms in total. The second-order valence-corrected chi connectivity index (χ2v) is 4.82. The van der Waals surface area contributed by atoms with Crippen LogP contribution in [-0.4, -0.2) is 13.2 Å². The number of halogens is 1. The second kappa shape index (κ2) is 7.64. The van der Waals surface area contributed by atoms with E-state index in [2.05, 4.69) is 5.32 Å². The van der Waals surface area contributed by atoms with E-state index in [9.17, 15) is 4.39 Å². The average Bonchev–Trinajstić information content (AvgIpc) is 2.48. The minimum atomic E-state index is -0.171. The van der Waals surface area contributed by atoms with Gasteiger partial charge in [-0.3, -0.25) is 0 Å². The van der Waals surface area contributed by atoms with Crippen molar-refractivity contribution in [2.75, 3.05) is 18.9 Å². The summed E-state index contributed by atoms with van der Waals surface area (Å²) in [4.78, 5) is 0. The first-order valence-corrected chi connectivity index (χ1v) is 7.16. The lowest BCUT2D eigenvalue weighted by Gasteiger charge is -2.09. The minimum Gasteiger partial charge on any atom is -0.492 e. The first-order valence-electron chi connectivity index (χ1n) is 7.16. The summed E-state index contributed by atoms with van der Waals surface area (Å²) in [6.07, 6.45) is 0.838. The molecule has 2 aromatic rings. The van der Waals surface area contributed by atoms with Crippen molar-refractivity contribution in [3.05, 3.63) is 59.4 Å². The molecular weight excluding hydrogens is 267 g/mol. The molecule has 0 bridgehead atoms. The summed E-state index contributed by atoms with van der Waals surface area (Å²) in [7, 11) is 0. The molecule has 0 heterocycles. The van der Waals surface area contributed by atoms with Crippen LogP contribution >= 0.6 is 0 Å². The normalized spacial score (nSPS) is 10.6. The third-order valence-corrected chi connectivity index (χ3v) is 3.24. The van der Waals surface area contributed by atoms with E-state index >= 15 is 0 Å². The highest BCUT2D eigenvalue weighted by atomic mass is 19.1. The molecular formula is C17H21FN2O. The zero-order chi connectivity index (χ0) is 15.1. The smallest absolute Gasteiger partial charge is 0.142 e. The van der Waals surface area contributed by atoms with E-state index in [0.717, 1.165) is 24.3 Å². The molecule has 2 aromatic carbocycles. The molecule has 0 aliphatic rings. The lowest BCUT2D eigenvalue weighted by molar-refractivity contribution is 0.342. The SMILES string of the molecule is CCOc1ccc(CCNCc2ccccc2F)cc1N. The van der Waals surface area contributed by atoms with Crippen LogP contribution in [0.3, 0.4) is 0 Å². The largest absolute Gasteiger partial charge is 0.492 e. The Morgan fingerprint density at radius 1 is 1.19 bits per heavy atom. The summed E-state index contributed by atoms with van der Waals surface area (Å²) in [5.41, 5.74) is 8.40. The topological polar surface area (TPSA) is 47.3 Å². The maximum Gasteiger partial charge on any atom is 0.142 e. The Kier molecular flexibility index (Phi) is 5.58. The van der Waals surface area contributed by atoms with Gasteiger partial charge in [-0.1, -0.05) is 24.3 Å². The van der Waals surface area contributed by atoms with Crippen molar-refractivity contribution in [3.63, 3.8) is 0 Å². The fourth-order valence-electron chi connectivity index (χ4n) is 2.14. The van der Waals surface area contributed by atoms with Crippen molar-refractivity contribution < 1.29 is 9.13 Å². The van der Waals surface area contributed by atoms with E-state index in [1.54, 1.807) is 12.1 Å². The van der Waals surface area contributed by atoms with Gasteiger partial charge in [-0.05, 0) is 43.7 Å². The maximum absolute atomic E-state index is 13.4. The molecule has 2 rings (SSSR count). The lowest BCUT2D eigenvalue weighted by Crippen LogP contribution is -2.17. The van der Waals surface area contributed by atoms with Crippen LogP contribution in [-0.2, 0) is 13.0 Å². The molecule has 3 N–H and O–H groups in total.